The molecule has 1 saturated heterocycles. The summed E-state index contributed by atoms with van der Waals surface area (Å²) in [6.45, 7) is 3.35. The van der Waals surface area contributed by atoms with E-state index >= 15 is 0 Å². The lowest BCUT2D eigenvalue weighted by Gasteiger charge is -2.32. The zero-order valence-corrected chi connectivity index (χ0v) is 13.1. The average Bonchev–Trinajstić information content (AvgIpc) is 3.00. The Labute approximate surface area is 134 Å². The molecule has 1 unspecified atom stereocenters. The molecule has 0 saturated carbocycles. The summed E-state index contributed by atoms with van der Waals surface area (Å²) in [6.07, 6.45) is 1.83. The Hall–Kier alpha value is -2.41. The molecule has 1 aromatic heterocycles. The van der Waals surface area contributed by atoms with Crippen LogP contribution in [0.25, 0.3) is 0 Å². The van der Waals surface area contributed by atoms with Gasteiger partial charge in [0.25, 0.3) is 0 Å². The van der Waals surface area contributed by atoms with E-state index in [2.05, 4.69) is 15.5 Å². The van der Waals surface area contributed by atoms with Crippen LogP contribution in [0.15, 0.2) is 34.9 Å². The zero-order valence-electron chi connectivity index (χ0n) is 13.1. The first kappa shape index (κ1) is 15.5. The first-order valence-electron chi connectivity index (χ1n) is 7.72. The van der Waals surface area contributed by atoms with Crippen molar-refractivity contribution in [1.29, 1.82) is 0 Å². The summed E-state index contributed by atoms with van der Waals surface area (Å²) < 4.78 is 10.7. The van der Waals surface area contributed by atoms with Gasteiger partial charge in [0.15, 0.2) is 5.82 Å². The molecule has 2 aromatic rings. The highest BCUT2D eigenvalue weighted by molar-refractivity contribution is 5.89. The molecule has 0 aliphatic carbocycles. The molecule has 3 rings (SSSR count). The Bertz CT molecular complexity index is 644. The largest absolute Gasteiger partial charge is 0.368 e. The van der Waals surface area contributed by atoms with E-state index in [4.69, 9.17) is 9.26 Å². The van der Waals surface area contributed by atoms with Gasteiger partial charge >= 0.3 is 6.03 Å². The first-order valence-corrected chi connectivity index (χ1v) is 7.72. The van der Waals surface area contributed by atoms with Crippen molar-refractivity contribution in [2.45, 2.75) is 32.5 Å². The number of carbonyl (C=O) groups is 1. The summed E-state index contributed by atoms with van der Waals surface area (Å²) in [5.41, 5.74) is 0.794. The monoisotopic (exact) mass is 316 g/mol. The van der Waals surface area contributed by atoms with Gasteiger partial charge in [0.05, 0.1) is 6.10 Å². The number of aromatic nitrogens is 2. The topological polar surface area (TPSA) is 80.5 Å². The minimum absolute atomic E-state index is 0.0101. The van der Waals surface area contributed by atoms with E-state index in [9.17, 15) is 4.79 Å². The predicted octanol–water partition coefficient (Wildman–Crippen LogP) is 2.59. The fourth-order valence-corrected chi connectivity index (χ4v) is 2.58. The van der Waals surface area contributed by atoms with Crippen LogP contribution in [0.1, 0.15) is 24.6 Å². The third kappa shape index (κ3) is 4.29. The molecule has 2 heterocycles. The quantitative estimate of drug-likeness (QED) is 0.937. The number of benzene rings is 1. The molecule has 1 aliphatic rings. The minimum atomic E-state index is -0.0973. The molecule has 1 aliphatic heterocycles. The number of nitrogens with one attached hydrogen (secondary N) is 1. The highest BCUT2D eigenvalue weighted by atomic mass is 16.5. The number of hydrogen-bond donors (Lipinski definition) is 1. The summed E-state index contributed by atoms with van der Waals surface area (Å²) in [5, 5.41) is 6.71. The third-order valence-electron chi connectivity index (χ3n) is 3.71. The average molecular weight is 316 g/mol. The van der Waals surface area contributed by atoms with Gasteiger partial charge in [-0.05, 0) is 25.0 Å². The number of nitrogens with zero attached hydrogens (tertiary/aromatic N) is 3. The highest BCUT2D eigenvalue weighted by Crippen LogP contribution is 2.16. The molecular weight excluding hydrogens is 296 g/mol. The summed E-state index contributed by atoms with van der Waals surface area (Å²) >= 11 is 0. The Morgan fingerprint density at radius 1 is 1.43 bits per heavy atom. The molecule has 1 fully saturated rings. The summed E-state index contributed by atoms with van der Waals surface area (Å²) in [6, 6.07) is 9.35. The lowest BCUT2D eigenvalue weighted by atomic mass is 10.1. The Kier molecular flexibility index (Phi) is 4.87. The Balaban J connectivity index is 1.50. The van der Waals surface area contributed by atoms with Gasteiger partial charge in [0.2, 0.25) is 5.89 Å². The van der Waals surface area contributed by atoms with Crippen molar-refractivity contribution < 1.29 is 14.1 Å². The van der Waals surface area contributed by atoms with Gasteiger partial charge < -0.3 is 19.5 Å². The van der Waals surface area contributed by atoms with Crippen LogP contribution in [0.3, 0.4) is 0 Å². The molecule has 2 amide bonds. The second-order valence-electron chi connectivity index (χ2n) is 5.55. The van der Waals surface area contributed by atoms with Crippen molar-refractivity contribution in [2.24, 2.45) is 0 Å². The fourth-order valence-electron chi connectivity index (χ4n) is 2.58. The highest BCUT2D eigenvalue weighted by Gasteiger charge is 2.24. The standard InChI is InChI=1S/C16H20N4O3/c1-12-17-15(19-23-12)11-22-14-8-5-9-20(10-14)16(21)18-13-6-3-2-4-7-13/h2-4,6-7,14H,5,8-11H2,1H3,(H,18,21). The number of piperidine rings is 1. The van der Waals surface area contributed by atoms with Crippen molar-refractivity contribution in [3.05, 3.63) is 42.0 Å². The molecule has 0 spiro atoms. The van der Waals surface area contributed by atoms with Crippen molar-refractivity contribution in [1.82, 2.24) is 15.0 Å². The summed E-state index contributed by atoms with van der Waals surface area (Å²) in [4.78, 5) is 18.2. The van der Waals surface area contributed by atoms with Gasteiger partial charge in [-0.15, -0.1) is 0 Å². The normalized spacial score (nSPS) is 18.0. The number of likely N-dealkylation sites (tertiary alicyclic amines) is 1. The number of aryl methyl sites for hydroxylation is 1. The molecule has 7 nitrogen and oxygen atoms in total. The van der Waals surface area contributed by atoms with Gasteiger partial charge in [-0.3, -0.25) is 0 Å². The number of hydrogen-bond acceptors (Lipinski definition) is 5. The number of ether oxygens (including phenoxy) is 1. The second kappa shape index (κ2) is 7.23. The van der Waals surface area contributed by atoms with Crippen molar-refractivity contribution >= 4 is 11.7 Å². The minimum Gasteiger partial charge on any atom is -0.368 e. The van der Waals surface area contributed by atoms with E-state index in [-0.39, 0.29) is 12.1 Å². The Morgan fingerprint density at radius 3 is 3.00 bits per heavy atom. The SMILES string of the molecule is Cc1nc(COC2CCCN(C(=O)Nc3ccccc3)C2)no1. The van der Waals surface area contributed by atoms with Crippen LogP contribution >= 0.6 is 0 Å². The van der Waals surface area contributed by atoms with Crippen LogP contribution in [0.5, 0.6) is 0 Å². The van der Waals surface area contributed by atoms with Crippen molar-refractivity contribution in [2.75, 3.05) is 18.4 Å². The van der Waals surface area contributed by atoms with Crippen molar-refractivity contribution in [3.63, 3.8) is 0 Å². The lowest BCUT2D eigenvalue weighted by molar-refractivity contribution is -0.00242. The van der Waals surface area contributed by atoms with E-state index in [1.807, 2.05) is 30.3 Å². The zero-order chi connectivity index (χ0) is 16.1. The fraction of sp³-hybridized carbons (Fsp3) is 0.438. The molecule has 7 heteroatoms. The maximum absolute atomic E-state index is 12.3. The smallest absolute Gasteiger partial charge is 0.321 e. The first-order chi connectivity index (χ1) is 11.2. The van der Waals surface area contributed by atoms with Crippen LogP contribution in [-0.2, 0) is 11.3 Å². The molecule has 0 radical (unpaired) electrons. The van der Waals surface area contributed by atoms with E-state index < -0.39 is 0 Å². The molecule has 0 bridgehead atoms. The van der Waals surface area contributed by atoms with Gasteiger partial charge in [0.1, 0.15) is 6.61 Å². The number of para-hydroxylation sites is 1. The molecule has 1 atom stereocenters. The van der Waals surface area contributed by atoms with E-state index in [1.165, 1.54) is 0 Å². The number of urea groups is 1. The van der Waals surface area contributed by atoms with Gasteiger partial charge in [-0.1, -0.05) is 23.4 Å². The van der Waals surface area contributed by atoms with Crippen LogP contribution in [0.4, 0.5) is 10.5 Å². The van der Waals surface area contributed by atoms with Crippen molar-refractivity contribution in [3.8, 4) is 0 Å². The van der Waals surface area contributed by atoms with E-state index in [0.717, 1.165) is 25.1 Å². The van der Waals surface area contributed by atoms with E-state index in [1.54, 1.807) is 11.8 Å². The van der Waals surface area contributed by atoms with Crippen LogP contribution in [-0.4, -0.2) is 40.3 Å². The number of rotatable bonds is 4. The third-order valence-corrected chi connectivity index (χ3v) is 3.71. The molecule has 23 heavy (non-hydrogen) atoms. The number of amides is 2. The summed E-state index contributed by atoms with van der Waals surface area (Å²) in [7, 11) is 0. The van der Waals surface area contributed by atoms with Crippen LogP contribution in [0.2, 0.25) is 0 Å². The maximum Gasteiger partial charge on any atom is 0.321 e. The maximum atomic E-state index is 12.3. The lowest BCUT2D eigenvalue weighted by Crippen LogP contribution is -2.45. The van der Waals surface area contributed by atoms with Gasteiger partial charge in [-0.2, -0.15) is 4.98 Å². The van der Waals surface area contributed by atoms with Crippen LogP contribution < -0.4 is 5.32 Å². The van der Waals surface area contributed by atoms with Crippen LogP contribution in [0, 0.1) is 6.92 Å². The van der Waals surface area contributed by atoms with Gasteiger partial charge in [0, 0.05) is 25.7 Å². The number of carbonyl (C=O) groups excluding carboxylic acids is 1. The predicted molar refractivity (Wildman–Crippen MR) is 83.9 cm³/mol. The molecule has 1 N–H and O–H groups in total. The Morgan fingerprint density at radius 2 is 2.26 bits per heavy atom. The van der Waals surface area contributed by atoms with Gasteiger partial charge in [-0.25, -0.2) is 4.79 Å². The summed E-state index contributed by atoms with van der Waals surface area (Å²) in [5.74, 6) is 1.06. The second-order valence-corrected chi connectivity index (χ2v) is 5.55. The molecular formula is C16H20N4O3. The number of anilines is 1. The molecule has 122 valence electrons. The molecule has 1 aromatic carbocycles. The van der Waals surface area contributed by atoms with E-state index in [0.29, 0.717) is 24.9 Å².